The molecule has 0 bridgehead atoms. The standard InChI is InChI=1S/C19H22ClN3O/c1-15-8-9-17(14-18(15)20)22-10-12-23(13-11-22)19(24)21(2)16-6-4-3-5-7-16/h3-9,14H,10-13H2,1-2H3. The van der Waals surface area contributed by atoms with E-state index in [0.717, 1.165) is 35.1 Å². The van der Waals surface area contributed by atoms with Crippen LogP contribution in [0.5, 0.6) is 0 Å². The number of urea groups is 1. The maximum atomic E-state index is 12.7. The average molecular weight is 344 g/mol. The second-order valence-corrected chi connectivity index (χ2v) is 6.49. The highest BCUT2D eigenvalue weighted by Crippen LogP contribution is 2.24. The van der Waals surface area contributed by atoms with E-state index in [1.54, 1.807) is 4.90 Å². The average Bonchev–Trinajstić information content (AvgIpc) is 2.63. The van der Waals surface area contributed by atoms with Crippen LogP contribution in [0.3, 0.4) is 0 Å². The van der Waals surface area contributed by atoms with Crippen LogP contribution in [0.15, 0.2) is 48.5 Å². The molecule has 2 aromatic rings. The van der Waals surface area contributed by atoms with E-state index in [1.165, 1.54) is 0 Å². The molecule has 5 heteroatoms. The lowest BCUT2D eigenvalue weighted by Gasteiger charge is -2.37. The summed E-state index contributed by atoms with van der Waals surface area (Å²) < 4.78 is 0. The molecule has 24 heavy (non-hydrogen) atoms. The molecule has 0 N–H and O–H groups in total. The van der Waals surface area contributed by atoms with Gasteiger partial charge in [0, 0.05) is 49.6 Å². The Morgan fingerprint density at radius 3 is 2.33 bits per heavy atom. The molecule has 1 aliphatic rings. The largest absolute Gasteiger partial charge is 0.368 e. The van der Waals surface area contributed by atoms with E-state index in [-0.39, 0.29) is 6.03 Å². The fraction of sp³-hybridized carbons (Fsp3) is 0.316. The molecule has 4 nitrogen and oxygen atoms in total. The monoisotopic (exact) mass is 343 g/mol. The van der Waals surface area contributed by atoms with Crippen molar-refractivity contribution >= 4 is 29.0 Å². The Morgan fingerprint density at radius 1 is 1.04 bits per heavy atom. The number of nitrogens with zero attached hydrogens (tertiary/aromatic N) is 3. The third kappa shape index (κ3) is 3.49. The summed E-state index contributed by atoms with van der Waals surface area (Å²) in [5, 5.41) is 0.787. The lowest BCUT2D eigenvalue weighted by atomic mass is 10.2. The Balaban J connectivity index is 1.62. The molecule has 126 valence electrons. The van der Waals surface area contributed by atoms with Crippen LogP contribution in [-0.2, 0) is 0 Å². The SMILES string of the molecule is Cc1ccc(N2CCN(C(=O)N(C)c3ccccc3)CC2)cc1Cl. The minimum atomic E-state index is 0.0442. The summed E-state index contributed by atoms with van der Waals surface area (Å²) in [4.78, 5) is 18.5. The quantitative estimate of drug-likeness (QED) is 0.823. The Hall–Kier alpha value is -2.20. The van der Waals surface area contributed by atoms with Gasteiger partial charge in [0.2, 0.25) is 0 Å². The molecule has 1 saturated heterocycles. The van der Waals surface area contributed by atoms with Gasteiger partial charge in [-0.2, -0.15) is 0 Å². The van der Waals surface area contributed by atoms with Crippen LogP contribution >= 0.6 is 11.6 Å². The van der Waals surface area contributed by atoms with Crippen LogP contribution < -0.4 is 9.80 Å². The second kappa shape index (κ2) is 7.14. The first-order chi connectivity index (χ1) is 11.6. The number of halogens is 1. The number of carbonyl (C=O) groups excluding carboxylic acids is 1. The molecule has 0 aliphatic carbocycles. The number of rotatable bonds is 2. The van der Waals surface area contributed by atoms with Crippen LogP contribution in [-0.4, -0.2) is 44.2 Å². The number of hydrogen-bond donors (Lipinski definition) is 0. The van der Waals surface area contributed by atoms with Crippen LogP contribution in [0, 0.1) is 6.92 Å². The van der Waals surface area contributed by atoms with E-state index in [2.05, 4.69) is 11.0 Å². The zero-order valence-electron chi connectivity index (χ0n) is 14.1. The van der Waals surface area contributed by atoms with E-state index >= 15 is 0 Å². The van der Waals surface area contributed by atoms with Gasteiger partial charge < -0.3 is 9.80 Å². The molecule has 0 spiro atoms. The number of para-hydroxylation sites is 1. The molecule has 0 atom stereocenters. The molecular formula is C19H22ClN3O. The summed E-state index contributed by atoms with van der Waals surface area (Å²) in [5.74, 6) is 0. The van der Waals surface area contributed by atoms with Gasteiger partial charge in [-0.05, 0) is 36.8 Å². The first kappa shape index (κ1) is 16.7. The van der Waals surface area contributed by atoms with Gasteiger partial charge in [0.25, 0.3) is 0 Å². The van der Waals surface area contributed by atoms with Crippen molar-refractivity contribution in [3.63, 3.8) is 0 Å². The van der Waals surface area contributed by atoms with Gasteiger partial charge in [-0.3, -0.25) is 4.90 Å². The molecule has 0 saturated carbocycles. The Morgan fingerprint density at radius 2 is 1.71 bits per heavy atom. The zero-order chi connectivity index (χ0) is 17.1. The van der Waals surface area contributed by atoms with Crippen molar-refractivity contribution in [2.75, 3.05) is 43.0 Å². The van der Waals surface area contributed by atoms with E-state index < -0.39 is 0 Å². The molecule has 1 heterocycles. The smallest absolute Gasteiger partial charge is 0.324 e. The number of piperazine rings is 1. The van der Waals surface area contributed by atoms with Crippen LogP contribution in [0.1, 0.15) is 5.56 Å². The normalized spacial score (nSPS) is 14.6. The minimum absolute atomic E-state index is 0.0442. The van der Waals surface area contributed by atoms with Crippen LogP contribution in [0.2, 0.25) is 5.02 Å². The van der Waals surface area contributed by atoms with Gasteiger partial charge in [0.15, 0.2) is 0 Å². The number of aryl methyl sites for hydroxylation is 1. The van der Waals surface area contributed by atoms with Crippen molar-refractivity contribution in [3.8, 4) is 0 Å². The Kier molecular flexibility index (Phi) is 4.95. The lowest BCUT2D eigenvalue weighted by Crippen LogP contribution is -2.52. The van der Waals surface area contributed by atoms with Gasteiger partial charge in [0.1, 0.15) is 0 Å². The number of anilines is 2. The Labute approximate surface area is 148 Å². The molecule has 2 aromatic carbocycles. The topological polar surface area (TPSA) is 26.8 Å². The molecule has 1 aliphatic heterocycles. The summed E-state index contributed by atoms with van der Waals surface area (Å²) in [6.07, 6.45) is 0. The Bertz CT molecular complexity index is 712. The van der Waals surface area contributed by atoms with Gasteiger partial charge in [0.05, 0.1) is 0 Å². The first-order valence-corrected chi connectivity index (χ1v) is 8.53. The fourth-order valence-corrected chi connectivity index (χ4v) is 3.08. The zero-order valence-corrected chi connectivity index (χ0v) is 14.8. The van der Waals surface area contributed by atoms with E-state index in [1.807, 2.05) is 61.3 Å². The molecule has 0 radical (unpaired) electrons. The summed E-state index contributed by atoms with van der Waals surface area (Å²) in [6.45, 7) is 5.05. The molecule has 0 unspecified atom stereocenters. The molecule has 3 rings (SSSR count). The van der Waals surface area contributed by atoms with E-state index in [9.17, 15) is 4.79 Å². The van der Waals surface area contributed by atoms with Gasteiger partial charge in [-0.1, -0.05) is 35.9 Å². The van der Waals surface area contributed by atoms with Gasteiger partial charge in [-0.15, -0.1) is 0 Å². The number of benzene rings is 2. The third-order valence-electron chi connectivity index (χ3n) is 4.50. The summed E-state index contributed by atoms with van der Waals surface area (Å²) in [5.41, 5.74) is 3.11. The van der Waals surface area contributed by atoms with Crippen LogP contribution in [0.25, 0.3) is 0 Å². The van der Waals surface area contributed by atoms with Crippen molar-refractivity contribution in [1.29, 1.82) is 0 Å². The molecule has 0 aromatic heterocycles. The maximum Gasteiger partial charge on any atom is 0.324 e. The summed E-state index contributed by atoms with van der Waals surface area (Å²) in [7, 11) is 1.82. The molecular weight excluding hydrogens is 322 g/mol. The highest BCUT2D eigenvalue weighted by atomic mass is 35.5. The van der Waals surface area contributed by atoms with Crippen molar-refractivity contribution < 1.29 is 4.79 Å². The third-order valence-corrected chi connectivity index (χ3v) is 4.91. The number of amides is 2. The number of hydrogen-bond acceptors (Lipinski definition) is 2. The van der Waals surface area contributed by atoms with Gasteiger partial charge >= 0.3 is 6.03 Å². The van der Waals surface area contributed by atoms with Crippen molar-refractivity contribution in [3.05, 3.63) is 59.1 Å². The highest BCUT2D eigenvalue weighted by Gasteiger charge is 2.24. The van der Waals surface area contributed by atoms with E-state index in [4.69, 9.17) is 11.6 Å². The van der Waals surface area contributed by atoms with Crippen LogP contribution in [0.4, 0.5) is 16.2 Å². The van der Waals surface area contributed by atoms with Crippen molar-refractivity contribution in [2.24, 2.45) is 0 Å². The van der Waals surface area contributed by atoms with Gasteiger partial charge in [-0.25, -0.2) is 4.79 Å². The van der Waals surface area contributed by atoms with Crippen molar-refractivity contribution in [2.45, 2.75) is 6.92 Å². The number of carbonyl (C=O) groups is 1. The first-order valence-electron chi connectivity index (χ1n) is 8.15. The van der Waals surface area contributed by atoms with Crippen molar-refractivity contribution in [1.82, 2.24) is 4.90 Å². The second-order valence-electron chi connectivity index (χ2n) is 6.08. The summed E-state index contributed by atoms with van der Waals surface area (Å²) >= 11 is 6.22. The maximum absolute atomic E-state index is 12.7. The van der Waals surface area contributed by atoms with E-state index in [0.29, 0.717) is 13.1 Å². The minimum Gasteiger partial charge on any atom is -0.368 e. The fourth-order valence-electron chi connectivity index (χ4n) is 2.91. The lowest BCUT2D eigenvalue weighted by molar-refractivity contribution is 0.202. The molecule has 1 fully saturated rings. The predicted molar refractivity (Wildman–Crippen MR) is 100 cm³/mol. The predicted octanol–water partition coefficient (Wildman–Crippen LogP) is 4.03. The summed E-state index contributed by atoms with van der Waals surface area (Å²) in [6, 6.07) is 15.9. The highest BCUT2D eigenvalue weighted by molar-refractivity contribution is 6.31. The molecule has 2 amide bonds.